The maximum absolute atomic E-state index is 14.5. The second kappa shape index (κ2) is 5.56. The first-order valence-corrected chi connectivity index (χ1v) is 7.13. The average Bonchev–Trinajstić information content (AvgIpc) is 2.91. The molecule has 0 saturated carbocycles. The van der Waals surface area contributed by atoms with E-state index < -0.39 is 11.6 Å². The highest BCUT2D eigenvalue weighted by Crippen LogP contribution is 2.32. The predicted octanol–water partition coefficient (Wildman–Crippen LogP) is 3.44. The maximum atomic E-state index is 14.5. The topological polar surface area (TPSA) is 25.4 Å². The van der Waals surface area contributed by atoms with Crippen molar-refractivity contribution < 1.29 is 13.5 Å². The Bertz CT molecular complexity index is 675. The minimum absolute atomic E-state index is 0.0266. The van der Waals surface area contributed by atoms with Gasteiger partial charge >= 0.3 is 0 Å². The van der Waals surface area contributed by atoms with E-state index in [9.17, 15) is 8.78 Å². The molecule has 1 aliphatic rings. The number of fused-ring (bicyclic) bond motifs is 1. The van der Waals surface area contributed by atoms with Crippen molar-refractivity contribution in [3.8, 4) is 0 Å². The van der Waals surface area contributed by atoms with E-state index in [1.807, 2.05) is 0 Å². The van der Waals surface area contributed by atoms with E-state index in [-0.39, 0.29) is 11.4 Å². The summed E-state index contributed by atoms with van der Waals surface area (Å²) in [4.78, 5) is 6.58. The molecular weight excluding hydrogens is 274 g/mol. The van der Waals surface area contributed by atoms with Gasteiger partial charge in [-0.05, 0) is 31.9 Å². The minimum Gasteiger partial charge on any atom is -0.383 e. The van der Waals surface area contributed by atoms with Gasteiger partial charge in [0.2, 0.25) is 0 Å². The quantitative estimate of drug-likeness (QED) is 0.866. The van der Waals surface area contributed by atoms with E-state index in [2.05, 4.69) is 9.88 Å². The molecule has 2 aromatic rings. The highest BCUT2D eigenvalue weighted by atomic mass is 19.1. The van der Waals surface area contributed by atoms with Crippen LogP contribution in [0.2, 0.25) is 0 Å². The minimum atomic E-state index is -0.568. The van der Waals surface area contributed by atoms with E-state index >= 15 is 0 Å². The lowest BCUT2D eigenvalue weighted by Crippen LogP contribution is -2.34. The zero-order valence-corrected chi connectivity index (χ0v) is 12.2. The molecule has 0 spiro atoms. The van der Waals surface area contributed by atoms with E-state index in [0.717, 1.165) is 19.4 Å². The first-order chi connectivity index (χ1) is 10.1. The standard InChI is InChI=1S/C16H18F2N2O/c1-10-15(18)14-12(17)6-3-7-13(14)19-16(10)20-8-4-5-11(20)9-21-2/h3,6-7,11H,4-5,8-9H2,1-2H3. The number of rotatable bonds is 3. The van der Waals surface area contributed by atoms with Crippen LogP contribution in [-0.2, 0) is 4.74 Å². The molecule has 112 valence electrons. The number of halogens is 2. The zero-order valence-electron chi connectivity index (χ0n) is 12.2. The normalized spacial score (nSPS) is 18.7. The lowest BCUT2D eigenvalue weighted by atomic mass is 10.1. The van der Waals surface area contributed by atoms with Crippen LogP contribution in [0.1, 0.15) is 18.4 Å². The first-order valence-electron chi connectivity index (χ1n) is 7.13. The van der Waals surface area contributed by atoms with Gasteiger partial charge in [-0.25, -0.2) is 13.8 Å². The molecule has 0 radical (unpaired) electrons. The second-order valence-electron chi connectivity index (χ2n) is 5.45. The third-order valence-corrected chi connectivity index (χ3v) is 4.11. The summed E-state index contributed by atoms with van der Waals surface area (Å²) >= 11 is 0. The molecule has 21 heavy (non-hydrogen) atoms. The number of aromatic nitrogens is 1. The molecule has 0 amide bonds. The van der Waals surface area contributed by atoms with Crippen LogP contribution in [0.3, 0.4) is 0 Å². The van der Waals surface area contributed by atoms with Gasteiger partial charge in [0.25, 0.3) is 0 Å². The van der Waals surface area contributed by atoms with Gasteiger partial charge in [-0.15, -0.1) is 0 Å². The highest BCUT2D eigenvalue weighted by molar-refractivity contribution is 5.83. The van der Waals surface area contributed by atoms with Crippen LogP contribution >= 0.6 is 0 Å². The van der Waals surface area contributed by atoms with Crippen molar-refractivity contribution in [3.63, 3.8) is 0 Å². The molecule has 1 aromatic heterocycles. The van der Waals surface area contributed by atoms with Crippen molar-refractivity contribution in [1.82, 2.24) is 4.98 Å². The summed E-state index contributed by atoms with van der Waals surface area (Å²) in [6.07, 6.45) is 2.02. The predicted molar refractivity (Wildman–Crippen MR) is 78.6 cm³/mol. The smallest absolute Gasteiger partial charge is 0.142 e. The molecule has 0 bridgehead atoms. The Morgan fingerprint density at radius 2 is 2.19 bits per heavy atom. The fraction of sp³-hybridized carbons (Fsp3) is 0.438. The summed E-state index contributed by atoms with van der Waals surface area (Å²) in [6, 6.07) is 4.66. The van der Waals surface area contributed by atoms with Gasteiger partial charge in [0.15, 0.2) is 0 Å². The summed E-state index contributed by atoms with van der Waals surface area (Å²) in [5, 5.41) is -0.0266. The molecule has 1 unspecified atom stereocenters. The van der Waals surface area contributed by atoms with Gasteiger partial charge in [0.1, 0.15) is 17.5 Å². The Kier molecular flexibility index (Phi) is 3.76. The Hall–Kier alpha value is -1.75. The van der Waals surface area contributed by atoms with Crippen molar-refractivity contribution in [2.75, 3.05) is 25.2 Å². The third kappa shape index (κ3) is 2.35. The summed E-state index contributed by atoms with van der Waals surface area (Å²) < 4.78 is 33.6. The first kappa shape index (κ1) is 14.2. The van der Waals surface area contributed by atoms with E-state index in [1.54, 1.807) is 26.2 Å². The summed E-state index contributed by atoms with van der Waals surface area (Å²) in [7, 11) is 1.66. The van der Waals surface area contributed by atoms with Crippen LogP contribution in [0.25, 0.3) is 10.9 Å². The van der Waals surface area contributed by atoms with Crippen molar-refractivity contribution in [2.24, 2.45) is 0 Å². The molecular formula is C16H18F2N2O. The van der Waals surface area contributed by atoms with Crippen LogP contribution in [-0.4, -0.2) is 31.3 Å². The number of nitrogens with zero attached hydrogens (tertiary/aromatic N) is 2. The van der Waals surface area contributed by atoms with Gasteiger partial charge in [-0.3, -0.25) is 0 Å². The number of hydrogen-bond donors (Lipinski definition) is 0. The molecule has 1 saturated heterocycles. The molecule has 1 aliphatic heterocycles. The van der Waals surface area contributed by atoms with Crippen molar-refractivity contribution in [1.29, 1.82) is 0 Å². The van der Waals surface area contributed by atoms with Crippen molar-refractivity contribution >= 4 is 16.7 Å². The Balaban J connectivity index is 2.13. The third-order valence-electron chi connectivity index (χ3n) is 4.11. The monoisotopic (exact) mass is 292 g/mol. The average molecular weight is 292 g/mol. The number of methoxy groups -OCH3 is 1. The molecule has 0 N–H and O–H groups in total. The van der Waals surface area contributed by atoms with Gasteiger partial charge < -0.3 is 9.64 Å². The number of ether oxygens (including phenoxy) is 1. The fourth-order valence-corrected chi connectivity index (χ4v) is 3.07. The molecule has 1 aromatic carbocycles. The summed E-state index contributed by atoms with van der Waals surface area (Å²) in [5.41, 5.74) is 0.756. The maximum Gasteiger partial charge on any atom is 0.142 e. The molecule has 1 fully saturated rings. The number of benzene rings is 1. The van der Waals surface area contributed by atoms with Crippen molar-refractivity contribution in [3.05, 3.63) is 35.4 Å². The Morgan fingerprint density at radius 3 is 2.95 bits per heavy atom. The largest absolute Gasteiger partial charge is 0.383 e. The molecule has 2 heterocycles. The fourth-order valence-electron chi connectivity index (χ4n) is 3.07. The molecule has 0 aliphatic carbocycles. The van der Waals surface area contributed by atoms with Gasteiger partial charge in [-0.2, -0.15) is 0 Å². The van der Waals surface area contributed by atoms with E-state index in [0.29, 0.717) is 23.5 Å². The van der Waals surface area contributed by atoms with Crippen LogP contribution < -0.4 is 4.90 Å². The van der Waals surface area contributed by atoms with Gasteiger partial charge in [-0.1, -0.05) is 6.07 Å². The number of pyridine rings is 1. The Labute approximate surface area is 122 Å². The zero-order chi connectivity index (χ0) is 15.0. The Morgan fingerprint density at radius 1 is 1.38 bits per heavy atom. The number of anilines is 1. The van der Waals surface area contributed by atoms with Crippen molar-refractivity contribution in [2.45, 2.75) is 25.8 Å². The molecule has 5 heteroatoms. The molecule has 3 nitrogen and oxygen atoms in total. The van der Waals surface area contributed by atoms with E-state index in [4.69, 9.17) is 4.74 Å². The molecule has 1 atom stereocenters. The summed E-state index contributed by atoms with van der Waals surface area (Å²) in [5.74, 6) is -0.483. The van der Waals surface area contributed by atoms with Crippen LogP contribution in [0.15, 0.2) is 18.2 Å². The van der Waals surface area contributed by atoms with Crippen LogP contribution in [0, 0.1) is 18.6 Å². The van der Waals surface area contributed by atoms with Crippen LogP contribution in [0.5, 0.6) is 0 Å². The van der Waals surface area contributed by atoms with Gasteiger partial charge in [0, 0.05) is 19.2 Å². The number of hydrogen-bond acceptors (Lipinski definition) is 3. The van der Waals surface area contributed by atoms with E-state index in [1.165, 1.54) is 6.07 Å². The lowest BCUT2D eigenvalue weighted by Gasteiger charge is -2.27. The highest BCUT2D eigenvalue weighted by Gasteiger charge is 2.28. The van der Waals surface area contributed by atoms with Crippen LogP contribution in [0.4, 0.5) is 14.6 Å². The second-order valence-corrected chi connectivity index (χ2v) is 5.45. The summed E-state index contributed by atoms with van der Waals surface area (Å²) in [6.45, 7) is 3.07. The SMILES string of the molecule is COCC1CCCN1c1nc2cccc(F)c2c(F)c1C. The molecule has 3 rings (SSSR count). The lowest BCUT2D eigenvalue weighted by molar-refractivity contribution is 0.180. The van der Waals surface area contributed by atoms with Gasteiger partial charge in [0.05, 0.1) is 23.6 Å².